The van der Waals surface area contributed by atoms with Crippen molar-refractivity contribution in [1.82, 2.24) is 4.90 Å². The number of fused-ring (bicyclic) bond motifs is 2. The zero-order chi connectivity index (χ0) is 20.5. The second-order valence-corrected chi connectivity index (χ2v) is 8.75. The summed E-state index contributed by atoms with van der Waals surface area (Å²) in [4.78, 5) is 15.2. The number of carbonyl (C=O) groups excluding carboxylic acids is 1. The van der Waals surface area contributed by atoms with E-state index >= 15 is 0 Å². The molecule has 5 heteroatoms. The van der Waals surface area contributed by atoms with Crippen LogP contribution in [0.15, 0.2) is 42.5 Å². The maximum atomic E-state index is 13.2. The number of halogens is 1. The molecule has 2 heterocycles. The van der Waals surface area contributed by atoms with Gasteiger partial charge < -0.3 is 9.64 Å². The Hall–Kier alpha value is -2.51. The van der Waals surface area contributed by atoms with Crippen LogP contribution in [0.5, 0.6) is 5.75 Å². The van der Waals surface area contributed by atoms with E-state index < -0.39 is 0 Å². The van der Waals surface area contributed by atoms with Crippen molar-refractivity contribution in [2.75, 3.05) is 0 Å². The Labute approximate surface area is 177 Å². The quantitative estimate of drug-likeness (QED) is 0.666. The topological polar surface area (TPSA) is 53.3 Å². The third kappa shape index (κ3) is 3.97. The van der Waals surface area contributed by atoms with Gasteiger partial charge in [-0.2, -0.15) is 5.26 Å². The molecule has 4 rings (SSSR count). The molecule has 2 unspecified atom stereocenters. The van der Waals surface area contributed by atoms with E-state index in [1.807, 2.05) is 12.1 Å². The number of hydrogen-bond donors (Lipinski definition) is 0. The number of amides is 1. The number of rotatable bonds is 4. The lowest BCUT2D eigenvalue weighted by atomic mass is 9.97. The summed E-state index contributed by atoms with van der Waals surface area (Å²) in [5, 5.41) is 9.42. The monoisotopic (exact) mass is 408 g/mol. The predicted molar refractivity (Wildman–Crippen MR) is 113 cm³/mol. The molecular weight excluding hydrogens is 384 g/mol. The van der Waals surface area contributed by atoms with Crippen molar-refractivity contribution < 1.29 is 9.53 Å². The van der Waals surface area contributed by atoms with E-state index in [1.165, 1.54) is 5.56 Å². The molecule has 0 aromatic heterocycles. The molecule has 2 bridgehead atoms. The highest BCUT2D eigenvalue weighted by molar-refractivity contribution is 6.31. The Bertz CT molecular complexity index is 934. The molecule has 0 spiro atoms. The average Bonchev–Trinajstić information content (AvgIpc) is 2.98. The minimum atomic E-state index is 0.0591. The van der Waals surface area contributed by atoms with Gasteiger partial charge in [0.15, 0.2) is 0 Å². The van der Waals surface area contributed by atoms with Gasteiger partial charge in [0.05, 0.1) is 10.6 Å². The van der Waals surface area contributed by atoms with E-state index in [-0.39, 0.29) is 24.1 Å². The SMILES string of the molecule is CC(C)c1ccc(C(=O)N2C3CCC2CC(Oc2ccc(C#N)c(Cl)c2)C3)cc1. The van der Waals surface area contributed by atoms with E-state index in [0.29, 0.717) is 22.3 Å². The van der Waals surface area contributed by atoms with Crippen molar-refractivity contribution in [1.29, 1.82) is 5.26 Å². The standard InChI is InChI=1S/C24H25ClN2O2/c1-15(2)16-3-5-17(6-4-16)24(28)27-19-8-9-20(27)12-22(11-19)29-21-10-7-18(14-26)23(25)13-21/h3-7,10,13,15,19-20,22H,8-9,11-12H2,1-2H3. The van der Waals surface area contributed by atoms with Crippen LogP contribution in [-0.2, 0) is 0 Å². The fourth-order valence-corrected chi connectivity index (χ4v) is 4.78. The summed E-state index contributed by atoms with van der Waals surface area (Å²) >= 11 is 6.12. The van der Waals surface area contributed by atoms with E-state index in [2.05, 4.69) is 36.9 Å². The van der Waals surface area contributed by atoms with Gasteiger partial charge >= 0.3 is 0 Å². The summed E-state index contributed by atoms with van der Waals surface area (Å²) in [6.45, 7) is 4.31. The molecular formula is C24H25ClN2O2. The number of carbonyl (C=O) groups is 1. The molecule has 29 heavy (non-hydrogen) atoms. The second kappa shape index (κ2) is 8.08. The normalized spacial score (nSPS) is 23.1. The minimum Gasteiger partial charge on any atom is -0.490 e. The van der Waals surface area contributed by atoms with Crippen molar-refractivity contribution in [3.63, 3.8) is 0 Å². The highest BCUT2D eigenvalue weighted by Gasteiger charge is 2.44. The molecule has 2 saturated heterocycles. The zero-order valence-electron chi connectivity index (χ0n) is 16.8. The van der Waals surface area contributed by atoms with Gasteiger partial charge in [0, 0.05) is 36.6 Å². The van der Waals surface area contributed by atoms with Crippen molar-refractivity contribution in [2.24, 2.45) is 0 Å². The maximum Gasteiger partial charge on any atom is 0.254 e. The largest absolute Gasteiger partial charge is 0.490 e. The van der Waals surface area contributed by atoms with Gasteiger partial charge in [0.2, 0.25) is 0 Å². The molecule has 2 fully saturated rings. The summed E-state index contributed by atoms with van der Waals surface area (Å²) in [5.74, 6) is 1.27. The van der Waals surface area contributed by atoms with Crippen LogP contribution < -0.4 is 4.74 Å². The van der Waals surface area contributed by atoms with Crippen LogP contribution in [0.2, 0.25) is 5.02 Å². The summed E-state index contributed by atoms with van der Waals surface area (Å²) in [6.07, 6.45) is 3.75. The van der Waals surface area contributed by atoms with Gasteiger partial charge in [-0.05, 0) is 48.6 Å². The number of nitriles is 1. The van der Waals surface area contributed by atoms with Gasteiger partial charge in [0.25, 0.3) is 5.91 Å². The maximum absolute atomic E-state index is 13.2. The van der Waals surface area contributed by atoms with Crippen LogP contribution in [0.3, 0.4) is 0 Å². The molecule has 0 N–H and O–H groups in total. The fourth-order valence-electron chi connectivity index (χ4n) is 4.57. The molecule has 4 nitrogen and oxygen atoms in total. The van der Waals surface area contributed by atoms with Gasteiger partial charge in [-0.15, -0.1) is 0 Å². The Morgan fingerprint density at radius 1 is 1.14 bits per heavy atom. The van der Waals surface area contributed by atoms with E-state index in [1.54, 1.807) is 18.2 Å². The Morgan fingerprint density at radius 3 is 2.34 bits per heavy atom. The Balaban J connectivity index is 1.44. The highest BCUT2D eigenvalue weighted by Crippen LogP contribution is 2.38. The third-order valence-corrected chi connectivity index (χ3v) is 6.43. The van der Waals surface area contributed by atoms with Crippen LogP contribution >= 0.6 is 11.6 Å². The van der Waals surface area contributed by atoms with Crippen LogP contribution in [0.4, 0.5) is 0 Å². The number of hydrogen-bond acceptors (Lipinski definition) is 3. The van der Waals surface area contributed by atoms with Crippen molar-refractivity contribution in [3.8, 4) is 11.8 Å². The molecule has 2 atom stereocenters. The van der Waals surface area contributed by atoms with Crippen LogP contribution in [0.25, 0.3) is 0 Å². The number of nitrogens with zero attached hydrogens (tertiary/aromatic N) is 2. The molecule has 2 aromatic carbocycles. The van der Waals surface area contributed by atoms with Gasteiger partial charge in [-0.25, -0.2) is 0 Å². The smallest absolute Gasteiger partial charge is 0.254 e. The molecule has 1 amide bonds. The fraction of sp³-hybridized carbons (Fsp3) is 0.417. The lowest BCUT2D eigenvalue weighted by Gasteiger charge is -2.39. The summed E-state index contributed by atoms with van der Waals surface area (Å²) in [5.41, 5.74) is 2.46. The first-order chi connectivity index (χ1) is 14.0. The first-order valence-electron chi connectivity index (χ1n) is 10.2. The van der Waals surface area contributed by atoms with Gasteiger partial charge in [-0.1, -0.05) is 37.6 Å². The Kier molecular flexibility index (Phi) is 5.52. The molecule has 0 aliphatic carbocycles. The highest BCUT2D eigenvalue weighted by atomic mass is 35.5. The summed E-state index contributed by atoms with van der Waals surface area (Å²) in [7, 11) is 0. The molecule has 0 radical (unpaired) electrons. The number of piperidine rings is 1. The molecule has 150 valence electrons. The molecule has 0 saturated carbocycles. The minimum absolute atomic E-state index is 0.0591. The number of benzene rings is 2. The number of ether oxygens (including phenoxy) is 1. The van der Waals surface area contributed by atoms with Gasteiger partial charge in [-0.3, -0.25) is 4.79 Å². The second-order valence-electron chi connectivity index (χ2n) is 8.34. The van der Waals surface area contributed by atoms with E-state index in [9.17, 15) is 4.79 Å². The lowest BCUT2D eigenvalue weighted by Crippen LogP contribution is -2.49. The van der Waals surface area contributed by atoms with Crippen molar-refractivity contribution in [2.45, 2.75) is 63.6 Å². The molecule has 2 aliphatic rings. The summed E-state index contributed by atoms with van der Waals surface area (Å²) in [6, 6.07) is 15.7. The predicted octanol–water partition coefficient (Wildman–Crippen LogP) is 5.55. The van der Waals surface area contributed by atoms with Crippen molar-refractivity contribution in [3.05, 3.63) is 64.2 Å². The average molecular weight is 409 g/mol. The van der Waals surface area contributed by atoms with Crippen LogP contribution in [-0.4, -0.2) is 29.0 Å². The van der Waals surface area contributed by atoms with E-state index in [0.717, 1.165) is 31.2 Å². The molecule has 2 aromatic rings. The van der Waals surface area contributed by atoms with Crippen LogP contribution in [0.1, 0.15) is 66.9 Å². The molecule has 2 aliphatic heterocycles. The summed E-state index contributed by atoms with van der Waals surface area (Å²) < 4.78 is 6.16. The van der Waals surface area contributed by atoms with E-state index in [4.69, 9.17) is 21.6 Å². The third-order valence-electron chi connectivity index (χ3n) is 6.11. The van der Waals surface area contributed by atoms with Crippen molar-refractivity contribution >= 4 is 17.5 Å². The first kappa shape index (κ1) is 19.8. The Morgan fingerprint density at radius 2 is 1.79 bits per heavy atom. The lowest BCUT2D eigenvalue weighted by molar-refractivity contribution is 0.0359. The van der Waals surface area contributed by atoms with Crippen LogP contribution in [0, 0.1) is 11.3 Å². The zero-order valence-corrected chi connectivity index (χ0v) is 17.5. The van der Waals surface area contributed by atoms with Gasteiger partial charge in [0.1, 0.15) is 17.9 Å². The first-order valence-corrected chi connectivity index (χ1v) is 10.6.